The van der Waals surface area contributed by atoms with Gasteiger partial charge in [0.15, 0.2) is 5.96 Å². The molecule has 2 rings (SSSR count). The van der Waals surface area contributed by atoms with Crippen molar-refractivity contribution in [3.63, 3.8) is 0 Å². The summed E-state index contributed by atoms with van der Waals surface area (Å²) in [6, 6.07) is 5.73. The van der Waals surface area contributed by atoms with Crippen LogP contribution in [-0.2, 0) is 5.54 Å². The Morgan fingerprint density at radius 1 is 1.37 bits per heavy atom. The van der Waals surface area contributed by atoms with Crippen LogP contribution in [0.15, 0.2) is 23.2 Å². The highest BCUT2D eigenvalue weighted by Gasteiger charge is 2.39. The molecule has 0 aromatic heterocycles. The minimum atomic E-state index is -0.247. The Labute approximate surface area is 124 Å². The van der Waals surface area contributed by atoms with Gasteiger partial charge in [0.05, 0.1) is 22.1 Å². The van der Waals surface area contributed by atoms with Gasteiger partial charge in [-0.05, 0) is 30.5 Å². The Balaban J connectivity index is 2.38. The highest BCUT2D eigenvalue weighted by molar-refractivity contribution is 6.42. The number of halogens is 2. The maximum Gasteiger partial charge on any atom is 0.192 e. The van der Waals surface area contributed by atoms with Gasteiger partial charge >= 0.3 is 0 Å². The highest BCUT2D eigenvalue weighted by atomic mass is 35.5. The number of nitrogens with two attached hydrogens (primary N) is 1. The number of rotatable bonds is 3. The molecule has 1 atom stereocenters. The van der Waals surface area contributed by atoms with Gasteiger partial charge in [-0.2, -0.15) is 0 Å². The zero-order valence-corrected chi connectivity index (χ0v) is 13.0. The lowest BCUT2D eigenvalue weighted by atomic mass is 9.90. The monoisotopic (exact) mass is 299 g/mol. The second-order valence-corrected chi connectivity index (χ2v) is 6.40. The second-order valence-electron chi connectivity index (χ2n) is 5.58. The van der Waals surface area contributed by atoms with E-state index in [1.165, 1.54) is 0 Å². The Hall–Kier alpha value is -0.930. The number of guanidine groups is 1. The summed E-state index contributed by atoms with van der Waals surface area (Å²) in [6.07, 6.45) is 0. The van der Waals surface area contributed by atoms with Crippen LogP contribution in [0.4, 0.5) is 0 Å². The number of benzene rings is 1. The van der Waals surface area contributed by atoms with Crippen molar-refractivity contribution in [3.8, 4) is 0 Å². The van der Waals surface area contributed by atoms with E-state index in [1.807, 2.05) is 18.2 Å². The molecular weight excluding hydrogens is 281 g/mol. The summed E-state index contributed by atoms with van der Waals surface area (Å²) in [5.41, 5.74) is 6.87. The van der Waals surface area contributed by atoms with Gasteiger partial charge < -0.3 is 10.6 Å². The Kier molecular flexibility index (Phi) is 3.98. The van der Waals surface area contributed by atoms with E-state index in [0.29, 0.717) is 28.5 Å². The van der Waals surface area contributed by atoms with Crippen molar-refractivity contribution in [1.82, 2.24) is 4.90 Å². The van der Waals surface area contributed by atoms with Gasteiger partial charge in [-0.25, -0.2) is 0 Å². The van der Waals surface area contributed by atoms with E-state index in [2.05, 4.69) is 30.7 Å². The average molecular weight is 300 g/mol. The van der Waals surface area contributed by atoms with E-state index in [1.54, 1.807) is 0 Å². The average Bonchev–Trinajstić information content (AvgIpc) is 2.62. The van der Waals surface area contributed by atoms with Crippen molar-refractivity contribution >= 4 is 29.2 Å². The van der Waals surface area contributed by atoms with Crippen LogP contribution in [0.1, 0.15) is 26.3 Å². The normalized spacial score (nSPS) is 23.1. The van der Waals surface area contributed by atoms with E-state index < -0.39 is 0 Å². The first-order valence-corrected chi connectivity index (χ1v) is 7.13. The molecule has 1 aliphatic rings. The van der Waals surface area contributed by atoms with Crippen molar-refractivity contribution in [2.75, 3.05) is 13.1 Å². The van der Waals surface area contributed by atoms with Gasteiger partial charge in [-0.15, -0.1) is 0 Å². The minimum absolute atomic E-state index is 0.247. The van der Waals surface area contributed by atoms with Crippen molar-refractivity contribution in [3.05, 3.63) is 33.8 Å². The van der Waals surface area contributed by atoms with Crippen molar-refractivity contribution in [2.24, 2.45) is 16.6 Å². The lowest BCUT2D eigenvalue weighted by molar-refractivity contribution is 0.204. The number of hydrogen-bond acceptors (Lipinski definition) is 3. The third-order valence-electron chi connectivity index (χ3n) is 3.51. The second kappa shape index (κ2) is 5.22. The third kappa shape index (κ3) is 2.67. The first-order valence-electron chi connectivity index (χ1n) is 6.37. The summed E-state index contributed by atoms with van der Waals surface area (Å²) in [6.45, 7) is 7.98. The van der Waals surface area contributed by atoms with E-state index in [9.17, 15) is 0 Å². The topological polar surface area (TPSA) is 41.6 Å². The molecule has 1 unspecified atom stereocenters. The molecule has 0 amide bonds. The predicted molar refractivity (Wildman–Crippen MR) is 81.8 cm³/mol. The molecule has 2 N–H and O–H groups in total. The van der Waals surface area contributed by atoms with Crippen LogP contribution in [0, 0.1) is 5.92 Å². The zero-order valence-electron chi connectivity index (χ0n) is 11.5. The van der Waals surface area contributed by atoms with Gasteiger partial charge in [0.1, 0.15) is 0 Å². The predicted octanol–water partition coefficient (Wildman–Crippen LogP) is 3.49. The molecule has 1 aromatic rings. The molecule has 0 aliphatic carbocycles. The first kappa shape index (κ1) is 14.5. The molecule has 1 aliphatic heterocycles. The van der Waals surface area contributed by atoms with Gasteiger partial charge in [0.25, 0.3) is 0 Å². The molecule has 0 saturated carbocycles. The maximum absolute atomic E-state index is 6.12. The van der Waals surface area contributed by atoms with E-state index in [0.717, 1.165) is 12.1 Å². The highest BCUT2D eigenvalue weighted by Crippen LogP contribution is 2.36. The molecule has 3 nitrogen and oxygen atoms in total. The number of hydrogen-bond donors (Lipinski definition) is 1. The molecule has 0 saturated heterocycles. The fourth-order valence-corrected chi connectivity index (χ4v) is 2.69. The van der Waals surface area contributed by atoms with Crippen LogP contribution in [0.5, 0.6) is 0 Å². The fourth-order valence-electron chi connectivity index (χ4n) is 2.40. The summed E-state index contributed by atoms with van der Waals surface area (Å²) in [7, 11) is 0. The molecular formula is C14H19Cl2N3. The van der Waals surface area contributed by atoms with Crippen molar-refractivity contribution < 1.29 is 0 Å². The quantitative estimate of drug-likeness (QED) is 0.928. The van der Waals surface area contributed by atoms with E-state index in [4.69, 9.17) is 28.9 Å². The van der Waals surface area contributed by atoms with Crippen molar-refractivity contribution in [2.45, 2.75) is 26.3 Å². The Morgan fingerprint density at radius 2 is 2.05 bits per heavy atom. The number of aliphatic imine (C=N–C) groups is 1. The molecule has 0 radical (unpaired) electrons. The molecule has 19 heavy (non-hydrogen) atoms. The van der Waals surface area contributed by atoms with Gasteiger partial charge in [-0.1, -0.05) is 43.1 Å². The van der Waals surface area contributed by atoms with E-state index in [-0.39, 0.29) is 5.54 Å². The van der Waals surface area contributed by atoms with Gasteiger partial charge in [0.2, 0.25) is 0 Å². The standard InChI is InChI=1S/C14H19Cl2N3/c1-9(2)7-19-13(17)18-8-14(19,3)10-4-5-11(15)12(16)6-10/h4-6,9H,7-8H2,1-3H3,(H2,17,18). The summed E-state index contributed by atoms with van der Waals surface area (Å²) < 4.78 is 0. The lowest BCUT2D eigenvalue weighted by Crippen LogP contribution is -2.49. The molecule has 0 bridgehead atoms. The molecule has 0 spiro atoms. The summed E-state index contributed by atoms with van der Waals surface area (Å²) in [5.74, 6) is 1.11. The van der Waals surface area contributed by atoms with Crippen LogP contribution < -0.4 is 5.73 Å². The largest absolute Gasteiger partial charge is 0.370 e. The van der Waals surface area contributed by atoms with E-state index >= 15 is 0 Å². The lowest BCUT2D eigenvalue weighted by Gasteiger charge is -2.38. The summed E-state index contributed by atoms with van der Waals surface area (Å²) in [5, 5.41) is 1.13. The molecule has 104 valence electrons. The van der Waals surface area contributed by atoms with Crippen molar-refractivity contribution in [1.29, 1.82) is 0 Å². The zero-order chi connectivity index (χ0) is 14.2. The molecule has 0 fully saturated rings. The third-order valence-corrected chi connectivity index (χ3v) is 4.25. The smallest absolute Gasteiger partial charge is 0.192 e. The van der Waals surface area contributed by atoms with Gasteiger partial charge in [-0.3, -0.25) is 4.99 Å². The van der Waals surface area contributed by atoms with Crippen LogP contribution >= 0.6 is 23.2 Å². The van der Waals surface area contributed by atoms with Crippen LogP contribution in [-0.4, -0.2) is 23.9 Å². The van der Waals surface area contributed by atoms with Crippen LogP contribution in [0.2, 0.25) is 10.0 Å². The molecule has 5 heteroatoms. The molecule has 1 heterocycles. The summed E-state index contributed by atoms with van der Waals surface area (Å²) >= 11 is 12.1. The fraction of sp³-hybridized carbons (Fsp3) is 0.500. The molecule has 1 aromatic carbocycles. The maximum atomic E-state index is 6.12. The Morgan fingerprint density at radius 3 is 2.63 bits per heavy atom. The number of nitrogens with zero attached hydrogens (tertiary/aromatic N) is 2. The van der Waals surface area contributed by atoms with Crippen LogP contribution in [0.3, 0.4) is 0 Å². The SMILES string of the molecule is CC(C)CN1C(N)=NCC1(C)c1ccc(Cl)c(Cl)c1. The Bertz CT molecular complexity index is 513. The van der Waals surface area contributed by atoms with Gasteiger partial charge in [0, 0.05) is 6.54 Å². The summed E-state index contributed by atoms with van der Waals surface area (Å²) in [4.78, 5) is 6.55. The first-order chi connectivity index (χ1) is 8.84. The minimum Gasteiger partial charge on any atom is -0.370 e. The van der Waals surface area contributed by atoms with Crippen LogP contribution in [0.25, 0.3) is 0 Å².